The molecule has 1 heterocycles. The Balaban J connectivity index is 2.46. The molecule has 0 aromatic rings. The monoisotopic (exact) mass is 298 g/mol. The fourth-order valence-corrected chi connectivity index (χ4v) is 2.95. The zero-order valence-electron chi connectivity index (χ0n) is 13.8. The Morgan fingerprint density at radius 2 is 1.86 bits per heavy atom. The second kappa shape index (κ2) is 9.03. The first kappa shape index (κ1) is 18.0. The minimum absolute atomic E-state index is 0.0444. The highest BCUT2D eigenvalue weighted by molar-refractivity contribution is 5.84. The lowest BCUT2D eigenvalue weighted by molar-refractivity contribution is -0.145. The van der Waals surface area contributed by atoms with Gasteiger partial charge in [0.05, 0.1) is 7.11 Å². The Labute approximate surface area is 128 Å². The third-order valence-corrected chi connectivity index (χ3v) is 4.22. The predicted molar refractivity (Wildman–Crippen MR) is 82.8 cm³/mol. The summed E-state index contributed by atoms with van der Waals surface area (Å²) in [5.41, 5.74) is 0. The van der Waals surface area contributed by atoms with Crippen LogP contribution >= 0.6 is 0 Å². The van der Waals surface area contributed by atoms with Crippen molar-refractivity contribution in [2.75, 3.05) is 20.2 Å². The minimum Gasteiger partial charge on any atom is -0.467 e. The van der Waals surface area contributed by atoms with Gasteiger partial charge in [-0.15, -0.1) is 0 Å². The molecule has 0 spiro atoms. The summed E-state index contributed by atoms with van der Waals surface area (Å²) >= 11 is 0. The number of carbonyl (C=O) groups is 2. The Kier molecular flexibility index (Phi) is 7.72. The fraction of sp³-hybridized carbons (Fsp3) is 0.875. The topological polar surface area (TPSA) is 67.4 Å². The summed E-state index contributed by atoms with van der Waals surface area (Å²) in [5, 5.41) is 6.18. The molecule has 21 heavy (non-hydrogen) atoms. The van der Waals surface area contributed by atoms with E-state index in [0.29, 0.717) is 30.6 Å². The zero-order chi connectivity index (χ0) is 15.8. The molecule has 0 saturated carbocycles. The molecule has 2 unspecified atom stereocenters. The first-order valence-electron chi connectivity index (χ1n) is 8.02. The van der Waals surface area contributed by atoms with Gasteiger partial charge in [-0.25, -0.2) is 4.79 Å². The van der Waals surface area contributed by atoms with E-state index in [2.05, 4.69) is 17.6 Å². The molecule has 1 aliphatic heterocycles. The maximum absolute atomic E-state index is 12.2. The largest absolute Gasteiger partial charge is 0.467 e. The molecule has 5 heteroatoms. The van der Waals surface area contributed by atoms with E-state index in [9.17, 15) is 9.59 Å². The molecule has 1 fully saturated rings. The molecule has 0 radical (unpaired) electrons. The number of piperidine rings is 1. The van der Waals surface area contributed by atoms with Gasteiger partial charge >= 0.3 is 5.97 Å². The van der Waals surface area contributed by atoms with Crippen molar-refractivity contribution in [1.82, 2.24) is 10.6 Å². The highest BCUT2D eigenvalue weighted by atomic mass is 16.5. The number of rotatable bonds is 7. The van der Waals surface area contributed by atoms with Gasteiger partial charge in [0.15, 0.2) is 0 Å². The first-order valence-corrected chi connectivity index (χ1v) is 8.02. The van der Waals surface area contributed by atoms with Crippen LogP contribution in [0.15, 0.2) is 0 Å². The average molecular weight is 298 g/mol. The van der Waals surface area contributed by atoms with E-state index in [1.165, 1.54) is 7.11 Å². The molecule has 122 valence electrons. The van der Waals surface area contributed by atoms with Crippen molar-refractivity contribution in [3.8, 4) is 0 Å². The van der Waals surface area contributed by atoms with E-state index in [1.54, 1.807) is 0 Å². The van der Waals surface area contributed by atoms with Gasteiger partial charge < -0.3 is 15.4 Å². The average Bonchev–Trinajstić information content (AvgIpc) is 2.46. The van der Waals surface area contributed by atoms with Gasteiger partial charge in [-0.05, 0) is 50.1 Å². The van der Waals surface area contributed by atoms with Crippen LogP contribution in [-0.2, 0) is 14.3 Å². The quantitative estimate of drug-likeness (QED) is 0.702. The maximum Gasteiger partial charge on any atom is 0.328 e. The molecular formula is C16H30N2O3. The molecule has 0 aromatic carbocycles. The third-order valence-electron chi connectivity index (χ3n) is 4.22. The van der Waals surface area contributed by atoms with E-state index in [-0.39, 0.29) is 11.9 Å². The molecule has 2 N–H and O–H groups in total. The van der Waals surface area contributed by atoms with E-state index in [0.717, 1.165) is 25.9 Å². The van der Waals surface area contributed by atoms with Crippen LogP contribution < -0.4 is 10.6 Å². The number of hydrogen-bond donors (Lipinski definition) is 2. The van der Waals surface area contributed by atoms with Gasteiger partial charge in [-0.2, -0.15) is 0 Å². The van der Waals surface area contributed by atoms with Crippen molar-refractivity contribution in [3.63, 3.8) is 0 Å². The summed E-state index contributed by atoms with van der Waals surface area (Å²) in [6.07, 6.45) is 3.35. The van der Waals surface area contributed by atoms with Crippen molar-refractivity contribution in [2.24, 2.45) is 17.8 Å². The molecule has 1 rings (SSSR count). The second-order valence-electron chi connectivity index (χ2n) is 6.54. The van der Waals surface area contributed by atoms with Gasteiger partial charge in [-0.1, -0.05) is 20.8 Å². The molecule has 2 atom stereocenters. The Morgan fingerprint density at radius 3 is 2.38 bits per heavy atom. The van der Waals surface area contributed by atoms with Crippen LogP contribution in [-0.4, -0.2) is 38.1 Å². The van der Waals surface area contributed by atoms with Gasteiger partial charge in [0, 0.05) is 6.42 Å². The Hall–Kier alpha value is -1.10. The molecule has 0 aromatic heterocycles. The van der Waals surface area contributed by atoms with Crippen molar-refractivity contribution < 1.29 is 14.3 Å². The number of carbonyl (C=O) groups excluding carboxylic acids is 2. The summed E-state index contributed by atoms with van der Waals surface area (Å²) in [6, 6.07) is -0.525. The van der Waals surface area contributed by atoms with E-state index >= 15 is 0 Å². The van der Waals surface area contributed by atoms with E-state index in [1.807, 2.05) is 13.8 Å². The number of nitrogens with one attached hydrogen (secondary N) is 2. The second-order valence-corrected chi connectivity index (χ2v) is 6.54. The SMILES string of the molecule is COC(=O)C(CC(C)C)NC(=O)CC(C)C1CCNCC1. The summed E-state index contributed by atoms with van der Waals surface area (Å²) in [4.78, 5) is 23.9. The Bertz CT molecular complexity index is 338. The maximum atomic E-state index is 12.2. The van der Waals surface area contributed by atoms with Crippen LogP contribution in [0.25, 0.3) is 0 Å². The molecule has 0 aliphatic carbocycles. The Morgan fingerprint density at radius 1 is 1.24 bits per heavy atom. The van der Waals surface area contributed by atoms with Crippen molar-refractivity contribution in [1.29, 1.82) is 0 Å². The summed E-state index contributed by atoms with van der Waals surface area (Å²) in [7, 11) is 1.36. The summed E-state index contributed by atoms with van der Waals surface area (Å²) in [6.45, 7) is 8.26. The van der Waals surface area contributed by atoms with Gasteiger partial charge in [0.2, 0.25) is 5.91 Å². The van der Waals surface area contributed by atoms with Crippen molar-refractivity contribution in [2.45, 2.75) is 52.5 Å². The van der Waals surface area contributed by atoms with Crippen molar-refractivity contribution >= 4 is 11.9 Å². The molecule has 5 nitrogen and oxygen atoms in total. The number of esters is 1. The van der Waals surface area contributed by atoms with Crippen LogP contribution in [0.2, 0.25) is 0 Å². The lowest BCUT2D eigenvalue weighted by Crippen LogP contribution is -2.43. The first-order chi connectivity index (χ1) is 9.93. The standard InChI is InChI=1S/C16H30N2O3/c1-11(2)9-14(16(20)21-4)18-15(19)10-12(3)13-5-7-17-8-6-13/h11-14,17H,5-10H2,1-4H3,(H,18,19). The molecule has 1 saturated heterocycles. The smallest absolute Gasteiger partial charge is 0.328 e. The zero-order valence-corrected chi connectivity index (χ0v) is 13.8. The summed E-state index contributed by atoms with van der Waals surface area (Å²) < 4.78 is 4.77. The van der Waals surface area contributed by atoms with Crippen LogP contribution in [0.3, 0.4) is 0 Å². The molecule has 1 aliphatic rings. The van der Waals surface area contributed by atoms with Crippen LogP contribution in [0, 0.1) is 17.8 Å². The molecular weight excluding hydrogens is 268 g/mol. The third kappa shape index (κ3) is 6.46. The van der Waals surface area contributed by atoms with Gasteiger partial charge in [0.25, 0.3) is 0 Å². The van der Waals surface area contributed by atoms with Crippen LogP contribution in [0.5, 0.6) is 0 Å². The highest BCUT2D eigenvalue weighted by Crippen LogP contribution is 2.24. The molecule has 0 bridgehead atoms. The van der Waals surface area contributed by atoms with Crippen LogP contribution in [0.1, 0.15) is 46.5 Å². The lowest BCUT2D eigenvalue weighted by Gasteiger charge is -2.28. The number of amides is 1. The number of ether oxygens (including phenoxy) is 1. The van der Waals surface area contributed by atoms with Crippen molar-refractivity contribution in [3.05, 3.63) is 0 Å². The van der Waals surface area contributed by atoms with E-state index in [4.69, 9.17) is 4.74 Å². The van der Waals surface area contributed by atoms with E-state index < -0.39 is 6.04 Å². The molecule has 1 amide bonds. The lowest BCUT2D eigenvalue weighted by atomic mass is 9.84. The van der Waals surface area contributed by atoms with Gasteiger partial charge in [0.1, 0.15) is 6.04 Å². The fourth-order valence-electron chi connectivity index (χ4n) is 2.95. The predicted octanol–water partition coefficient (Wildman–Crippen LogP) is 1.72. The number of methoxy groups -OCH3 is 1. The van der Waals surface area contributed by atoms with Gasteiger partial charge in [-0.3, -0.25) is 4.79 Å². The normalized spacial score (nSPS) is 19.1. The van der Waals surface area contributed by atoms with Crippen LogP contribution in [0.4, 0.5) is 0 Å². The number of hydrogen-bond acceptors (Lipinski definition) is 4. The summed E-state index contributed by atoms with van der Waals surface area (Å²) in [5.74, 6) is 0.878. The highest BCUT2D eigenvalue weighted by Gasteiger charge is 2.26. The minimum atomic E-state index is -0.525.